The van der Waals surface area contributed by atoms with E-state index in [0.717, 1.165) is 9.87 Å². The van der Waals surface area contributed by atoms with Crippen LogP contribution in [0.2, 0.25) is 0 Å². The lowest BCUT2D eigenvalue weighted by molar-refractivity contribution is -0.120. The van der Waals surface area contributed by atoms with Gasteiger partial charge in [-0.15, -0.1) is 0 Å². The van der Waals surface area contributed by atoms with Crippen LogP contribution in [0.5, 0.6) is 5.75 Å². The van der Waals surface area contributed by atoms with Crippen molar-refractivity contribution < 1.29 is 22.5 Å². The Morgan fingerprint density at radius 2 is 2.19 bits per heavy atom. The van der Waals surface area contributed by atoms with Crippen LogP contribution in [0.3, 0.4) is 0 Å². The van der Waals surface area contributed by atoms with Crippen LogP contribution in [0.15, 0.2) is 34.9 Å². The highest BCUT2D eigenvalue weighted by Crippen LogP contribution is 2.30. The maximum absolute atomic E-state index is 12.6. The van der Waals surface area contributed by atoms with Gasteiger partial charge in [-0.3, -0.25) is 4.79 Å². The number of amides is 1. The van der Waals surface area contributed by atoms with Gasteiger partial charge in [-0.1, -0.05) is 17.3 Å². The minimum absolute atomic E-state index is 0.245. The van der Waals surface area contributed by atoms with Crippen LogP contribution in [-0.2, 0) is 15.0 Å². The topological polar surface area (TPSA) is 114 Å². The van der Waals surface area contributed by atoms with E-state index in [4.69, 9.17) is 9.26 Å². The van der Waals surface area contributed by atoms with Crippen molar-refractivity contribution in [3.8, 4) is 5.75 Å². The molecule has 1 saturated heterocycles. The summed E-state index contributed by atoms with van der Waals surface area (Å²) in [5.41, 5.74) is 0.719. The van der Waals surface area contributed by atoms with Gasteiger partial charge in [0.1, 0.15) is 17.6 Å². The van der Waals surface area contributed by atoms with E-state index < -0.39 is 28.2 Å². The molecule has 0 spiro atoms. The van der Waals surface area contributed by atoms with Gasteiger partial charge in [0.2, 0.25) is 5.91 Å². The van der Waals surface area contributed by atoms with Gasteiger partial charge in [0.05, 0.1) is 13.2 Å². The highest BCUT2D eigenvalue weighted by Gasteiger charge is 2.40. The minimum Gasteiger partial charge on any atom is -0.497 e. The number of rotatable bonds is 4. The fourth-order valence-electron chi connectivity index (χ4n) is 2.82. The molecular weight excluding hydrogens is 360 g/mol. The number of nitrogens with one attached hydrogen (secondary N) is 2. The number of nitrogens with zero attached hydrogens (tertiary/aromatic N) is 2. The molecule has 1 fully saturated rings. The van der Waals surface area contributed by atoms with Gasteiger partial charge in [0, 0.05) is 13.1 Å². The Balaban J connectivity index is 1.85. The Morgan fingerprint density at radius 3 is 2.85 bits per heavy atom. The zero-order valence-electron chi connectivity index (χ0n) is 14.6. The molecule has 1 aromatic heterocycles. The zero-order valence-corrected chi connectivity index (χ0v) is 15.4. The van der Waals surface area contributed by atoms with Crippen molar-refractivity contribution in [1.29, 1.82) is 0 Å². The van der Waals surface area contributed by atoms with Gasteiger partial charge in [-0.2, -0.15) is 17.4 Å². The highest BCUT2D eigenvalue weighted by molar-refractivity contribution is 7.87. The summed E-state index contributed by atoms with van der Waals surface area (Å²) in [6.45, 7) is 1.70. The summed E-state index contributed by atoms with van der Waals surface area (Å²) in [5.74, 6) is 0.925. The monoisotopic (exact) mass is 380 g/mol. The molecule has 0 bridgehead atoms. The lowest BCUT2D eigenvalue weighted by Gasteiger charge is -2.36. The van der Waals surface area contributed by atoms with Gasteiger partial charge in [0.15, 0.2) is 5.82 Å². The number of hydrogen-bond acceptors (Lipinski definition) is 6. The van der Waals surface area contributed by atoms with Gasteiger partial charge in [-0.05, 0) is 31.0 Å². The van der Waals surface area contributed by atoms with E-state index >= 15 is 0 Å². The number of ether oxygens (including phenoxy) is 1. The summed E-state index contributed by atoms with van der Waals surface area (Å²) in [6.07, 6.45) is 0.256. The molecule has 9 nitrogen and oxygen atoms in total. The normalized spacial score (nSPS) is 22.7. The standard InChI is InChI=1S/C16H20N4O5S/c1-10-7-15(18-25-10)17-16(21)14-9-13(19-26(22,23)20(14)2)11-5-4-6-12(8-11)24-3/h4-8,13-14,19H,9H2,1-3H3,(H,17,18,21). The van der Waals surface area contributed by atoms with E-state index in [1.807, 2.05) is 0 Å². The Morgan fingerprint density at radius 1 is 1.42 bits per heavy atom. The molecule has 140 valence electrons. The number of methoxy groups -OCH3 is 1. The molecule has 1 amide bonds. The minimum atomic E-state index is -3.82. The van der Waals surface area contributed by atoms with E-state index in [2.05, 4.69) is 15.2 Å². The van der Waals surface area contributed by atoms with E-state index in [9.17, 15) is 13.2 Å². The van der Waals surface area contributed by atoms with Crippen molar-refractivity contribution in [3.63, 3.8) is 0 Å². The highest BCUT2D eigenvalue weighted by atomic mass is 32.2. The SMILES string of the molecule is COc1cccc(C2CC(C(=O)Nc3cc(C)on3)N(C)S(=O)(=O)N2)c1. The Labute approximate surface area is 151 Å². The molecule has 3 rings (SSSR count). The maximum Gasteiger partial charge on any atom is 0.280 e. The summed E-state index contributed by atoms with van der Waals surface area (Å²) in [5, 5.41) is 6.30. The predicted molar refractivity (Wildman–Crippen MR) is 93.8 cm³/mol. The third-order valence-electron chi connectivity index (χ3n) is 4.25. The first-order valence-electron chi connectivity index (χ1n) is 7.93. The summed E-state index contributed by atoms with van der Waals surface area (Å²) >= 11 is 0. The number of hydrogen-bond donors (Lipinski definition) is 2. The first kappa shape index (κ1) is 18.4. The van der Waals surface area contributed by atoms with E-state index in [1.165, 1.54) is 14.2 Å². The summed E-state index contributed by atoms with van der Waals surface area (Å²) < 4.78 is 38.6. The Hall–Kier alpha value is -2.43. The Kier molecular flexibility index (Phi) is 4.99. The van der Waals surface area contributed by atoms with Gasteiger partial charge >= 0.3 is 0 Å². The molecule has 26 heavy (non-hydrogen) atoms. The number of likely N-dealkylation sites (N-methyl/N-ethyl adjacent to an activating group) is 1. The molecule has 2 atom stereocenters. The number of carbonyl (C=O) groups excluding carboxylic acids is 1. The fraction of sp³-hybridized carbons (Fsp3) is 0.375. The molecular formula is C16H20N4O5S. The lowest BCUT2D eigenvalue weighted by Crippen LogP contribution is -2.55. The number of aromatic nitrogens is 1. The fourth-order valence-corrected chi connectivity index (χ4v) is 4.09. The van der Waals surface area contributed by atoms with Crippen molar-refractivity contribution in [2.75, 3.05) is 19.5 Å². The summed E-state index contributed by atoms with van der Waals surface area (Å²) in [7, 11) is -0.922. The number of carbonyl (C=O) groups is 1. The molecule has 1 aliphatic rings. The molecule has 0 radical (unpaired) electrons. The second-order valence-electron chi connectivity index (χ2n) is 6.03. The van der Waals surface area contributed by atoms with Crippen molar-refractivity contribution in [2.45, 2.75) is 25.4 Å². The average molecular weight is 380 g/mol. The average Bonchev–Trinajstić information content (AvgIpc) is 3.01. The lowest BCUT2D eigenvalue weighted by atomic mass is 9.99. The van der Waals surface area contributed by atoms with Crippen LogP contribution < -0.4 is 14.8 Å². The Bertz CT molecular complexity index is 911. The molecule has 2 unspecified atom stereocenters. The van der Waals surface area contributed by atoms with Crippen molar-refractivity contribution in [3.05, 3.63) is 41.7 Å². The maximum atomic E-state index is 12.6. The van der Waals surface area contributed by atoms with Gasteiger partial charge in [0.25, 0.3) is 10.2 Å². The van der Waals surface area contributed by atoms with Crippen LogP contribution in [0.1, 0.15) is 23.8 Å². The van der Waals surface area contributed by atoms with Crippen LogP contribution in [-0.4, -0.2) is 44.0 Å². The van der Waals surface area contributed by atoms with Gasteiger partial charge < -0.3 is 14.6 Å². The molecule has 2 aromatic rings. The third kappa shape index (κ3) is 3.71. The number of aryl methyl sites for hydroxylation is 1. The van der Waals surface area contributed by atoms with Crippen LogP contribution >= 0.6 is 0 Å². The van der Waals surface area contributed by atoms with Crippen molar-refractivity contribution >= 4 is 21.9 Å². The molecule has 1 aromatic carbocycles. The summed E-state index contributed by atoms with van der Waals surface area (Å²) in [6, 6.07) is 7.19. The molecule has 0 aliphatic carbocycles. The van der Waals surface area contributed by atoms with Crippen LogP contribution in [0, 0.1) is 6.92 Å². The van der Waals surface area contributed by atoms with E-state index in [1.54, 1.807) is 37.3 Å². The second kappa shape index (κ2) is 7.06. The molecule has 10 heteroatoms. The molecule has 2 heterocycles. The van der Waals surface area contributed by atoms with Gasteiger partial charge in [-0.25, -0.2) is 0 Å². The first-order valence-corrected chi connectivity index (χ1v) is 9.37. The largest absolute Gasteiger partial charge is 0.497 e. The number of benzene rings is 1. The first-order chi connectivity index (χ1) is 12.3. The van der Waals surface area contributed by atoms with Crippen LogP contribution in [0.25, 0.3) is 0 Å². The second-order valence-corrected chi connectivity index (χ2v) is 7.79. The van der Waals surface area contributed by atoms with Crippen molar-refractivity contribution in [2.24, 2.45) is 0 Å². The predicted octanol–water partition coefficient (Wildman–Crippen LogP) is 1.21. The van der Waals surface area contributed by atoms with E-state index in [0.29, 0.717) is 11.5 Å². The van der Waals surface area contributed by atoms with Crippen LogP contribution in [0.4, 0.5) is 5.82 Å². The number of anilines is 1. The molecule has 2 N–H and O–H groups in total. The molecule has 1 aliphatic heterocycles. The smallest absolute Gasteiger partial charge is 0.280 e. The quantitative estimate of drug-likeness (QED) is 0.824. The zero-order chi connectivity index (χ0) is 18.9. The molecule has 0 saturated carbocycles. The van der Waals surface area contributed by atoms with E-state index in [-0.39, 0.29) is 12.2 Å². The van der Waals surface area contributed by atoms with Crippen molar-refractivity contribution in [1.82, 2.24) is 14.2 Å². The third-order valence-corrected chi connectivity index (χ3v) is 5.84. The summed E-state index contributed by atoms with van der Waals surface area (Å²) in [4.78, 5) is 12.6.